The van der Waals surface area contributed by atoms with Crippen molar-refractivity contribution >= 4 is 35.2 Å². The van der Waals surface area contributed by atoms with Gasteiger partial charge in [-0.1, -0.05) is 0 Å². The summed E-state index contributed by atoms with van der Waals surface area (Å²) >= 11 is 0. The highest BCUT2D eigenvalue weighted by atomic mass is 19.1. The van der Waals surface area contributed by atoms with Gasteiger partial charge in [0.25, 0.3) is 11.8 Å². The topological polar surface area (TPSA) is 104 Å². The number of amides is 3. The minimum absolute atomic E-state index is 0.169. The Bertz CT molecular complexity index is 1120. The van der Waals surface area contributed by atoms with Crippen LogP contribution in [-0.4, -0.2) is 54.0 Å². The van der Waals surface area contributed by atoms with Crippen LogP contribution in [0.4, 0.5) is 14.9 Å². The van der Waals surface area contributed by atoms with Gasteiger partial charge in [-0.15, -0.1) is 0 Å². The third-order valence-electron chi connectivity index (χ3n) is 5.71. The number of carbonyl (C=O) groups excluding carboxylic acids is 3. The number of ether oxygens (including phenoxy) is 1. The van der Waals surface area contributed by atoms with Crippen molar-refractivity contribution in [3.05, 3.63) is 52.1 Å². The summed E-state index contributed by atoms with van der Waals surface area (Å²) in [6, 6.07) is 3.95. The molecule has 2 aromatic rings. The summed E-state index contributed by atoms with van der Waals surface area (Å²) in [7, 11) is 1.33. The molecule has 1 atom stereocenters. The first-order chi connectivity index (χ1) is 14.8. The van der Waals surface area contributed by atoms with Crippen LogP contribution in [0.25, 0.3) is 11.6 Å². The number of H-pyrrole nitrogens is 1. The minimum atomic E-state index is -0.432. The van der Waals surface area contributed by atoms with Crippen LogP contribution < -0.4 is 10.6 Å². The van der Waals surface area contributed by atoms with Crippen LogP contribution >= 0.6 is 0 Å². The number of nitrogens with zero attached hydrogens (tertiary/aromatic N) is 1. The average Bonchev–Trinajstić information content (AvgIpc) is 3.39. The van der Waals surface area contributed by atoms with Gasteiger partial charge in [-0.2, -0.15) is 0 Å². The highest BCUT2D eigenvalue weighted by molar-refractivity contribution is 6.34. The molecule has 0 spiro atoms. The number of aryl methyl sites for hydroxylation is 1. The lowest BCUT2D eigenvalue weighted by atomic mass is 10.0. The standard InChI is InChI=1S/C22H23FN4O4/c1-11-18(9-16-15-8-13(23)4-5-17(15)26-20(16)28)24-12(2)19(11)21(29)25-14-6-7-27(10-14)22(30)31-3/h4-5,8-9,14,24H,6-7,10H2,1-3H3,(H,25,29)(H,26,28)/t14-/m0/s1. The second-order valence-electron chi connectivity index (χ2n) is 7.74. The zero-order valence-corrected chi connectivity index (χ0v) is 17.5. The number of aromatic nitrogens is 1. The van der Waals surface area contributed by atoms with E-state index in [0.29, 0.717) is 58.8 Å². The van der Waals surface area contributed by atoms with E-state index in [1.165, 1.54) is 25.3 Å². The van der Waals surface area contributed by atoms with Crippen molar-refractivity contribution in [2.75, 3.05) is 25.5 Å². The summed E-state index contributed by atoms with van der Waals surface area (Å²) in [6.07, 6.45) is 1.86. The molecule has 0 aliphatic carbocycles. The van der Waals surface area contributed by atoms with Crippen molar-refractivity contribution in [2.24, 2.45) is 0 Å². The molecule has 0 unspecified atom stereocenters. The third-order valence-corrected chi connectivity index (χ3v) is 5.71. The van der Waals surface area contributed by atoms with Gasteiger partial charge in [-0.3, -0.25) is 9.59 Å². The number of carbonyl (C=O) groups is 3. The van der Waals surface area contributed by atoms with E-state index in [9.17, 15) is 18.8 Å². The number of fused-ring (bicyclic) bond motifs is 1. The van der Waals surface area contributed by atoms with Gasteiger partial charge in [-0.25, -0.2) is 9.18 Å². The van der Waals surface area contributed by atoms with E-state index in [0.717, 1.165) is 0 Å². The van der Waals surface area contributed by atoms with Crippen molar-refractivity contribution in [3.63, 3.8) is 0 Å². The van der Waals surface area contributed by atoms with E-state index in [2.05, 4.69) is 15.6 Å². The molecule has 31 heavy (non-hydrogen) atoms. The molecule has 3 N–H and O–H groups in total. The van der Waals surface area contributed by atoms with E-state index in [-0.39, 0.29) is 17.9 Å². The van der Waals surface area contributed by atoms with Crippen LogP contribution in [-0.2, 0) is 9.53 Å². The molecule has 1 saturated heterocycles. The van der Waals surface area contributed by atoms with Gasteiger partial charge >= 0.3 is 6.09 Å². The lowest BCUT2D eigenvalue weighted by molar-refractivity contribution is -0.110. The molecule has 9 heteroatoms. The number of hydrogen-bond donors (Lipinski definition) is 3. The molecule has 2 aliphatic heterocycles. The zero-order valence-electron chi connectivity index (χ0n) is 17.5. The van der Waals surface area contributed by atoms with Gasteiger partial charge in [0.2, 0.25) is 0 Å². The van der Waals surface area contributed by atoms with E-state index in [1.54, 1.807) is 24.8 Å². The molecular formula is C22H23FN4O4. The van der Waals surface area contributed by atoms with Crippen molar-refractivity contribution in [2.45, 2.75) is 26.3 Å². The van der Waals surface area contributed by atoms with Crippen LogP contribution in [0.2, 0.25) is 0 Å². The van der Waals surface area contributed by atoms with Crippen LogP contribution in [0.1, 0.15) is 39.3 Å². The van der Waals surface area contributed by atoms with Crippen LogP contribution in [0.5, 0.6) is 0 Å². The summed E-state index contributed by atoms with van der Waals surface area (Å²) in [4.78, 5) is 41.7. The molecule has 4 rings (SSSR count). The van der Waals surface area contributed by atoms with Crippen molar-refractivity contribution in [1.82, 2.24) is 15.2 Å². The third kappa shape index (κ3) is 3.78. The summed E-state index contributed by atoms with van der Waals surface area (Å²) in [5.41, 5.74) is 3.79. The molecule has 2 aliphatic rings. The van der Waals surface area contributed by atoms with Crippen molar-refractivity contribution in [3.8, 4) is 0 Å². The number of hydrogen-bond acceptors (Lipinski definition) is 4. The zero-order chi connectivity index (χ0) is 22.3. The molecular weight excluding hydrogens is 403 g/mol. The van der Waals surface area contributed by atoms with Gasteiger partial charge in [0.15, 0.2) is 0 Å². The smallest absolute Gasteiger partial charge is 0.409 e. The Kier molecular flexibility index (Phi) is 5.26. The predicted octanol–water partition coefficient (Wildman–Crippen LogP) is 2.83. The fourth-order valence-electron chi connectivity index (χ4n) is 4.14. The second kappa shape index (κ2) is 7.90. The summed E-state index contributed by atoms with van der Waals surface area (Å²) in [5, 5.41) is 5.68. The van der Waals surface area contributed by atoms with E-state index in [1.807, 2.05) is 0 Å². The lowest BCUT2D eigenvalue weighted by Crippen LogP contribution is -2.38. The fourth-order valence-corrected chi connectivity index (χ4v) is 4.14. The maximum absolute atomic E-state index is 13.7. The van der Waals surface area contributed by atoms with Crippen LogP contribution in [0, 0.1) is 19.7 Å². The summed E-state index contributed by atoms with van der Waals surface area (Å²) in [5.74, 6) is -1.01. The normalized spacial score (nSPS) is 18.8. The highest BCUT2D eigenvalue weighted by Gasteiger charge is 2.30. The molecule has 3 amide bonds. The Morgan fingerprint density at radius 3 is 2.84 bits per heavy atom. The monoisotopic (exact) mass is 426 g/mol. The van der Waals surface area contributed by atoms with Gasteiger partial charge in [0.1, 0.15) is 5.82 Å². The Hall–Kier alpha value is -3.62. The van der Waals surface area contributed by atoms with Gasteiger partial charge < -0.3 is 25.3 Å². The Morgan fingerprint density at radius 2 is 2.10 bits per heavy atom. The number of nitrogens with one attached hydrogen (secondary N) is 3. The number of methoxy groups -OCH3 is 1. The fraction of sp³-hybridized carbons (Fsp3) is 0.318. The number of benzene rings is 1. The number of halogens is 1. The van der Waals surface area contributed by atoms with Crippen LogP contribution in [0.15, 0.2) is 18.2 Å². The number of anilines is 1. The first-order valence-electron chi connectivity index (χ1n) is 9.94. The molecule has 162 valence electrons. The molecule has 1 fully saturated rings. The average molecular weight is 426 g/mol. The molecule has 0 radical (unpaired) electrons. The lowest BCUT2D eigenvalue weighted by Gasteiger charge is -2.15. The Balaban J connectivity index is 1.57. The number of rotatable bonds is 3. The molecule has 0 bridgehead atoms. The highest BCUT2D eigenvalue weighted by Crippen LogP contribution is 2.34. The summed E-state index contributed by atoms with van der Waals surface area (Å²) in [6.45, 7) is 4.48. The minimum Gasteiger partial charge on any atom is -0.453 e. The predicted molar refractivity (Wildman–Crippen MR) is 113 cm³/mol. The molecule has 1 aromatic heterocycles. The first-order valence-corrected chi connectivity index (χ1v) is 9.94. The maximum Gasteiger partial charge on any atom is 0.409 e. The van der Waals surface area contributed by atoms with E-state index >= 15 is 0 Å². The quantitative estimate of drug-likeness (QED) is 0.657. The largest absolute Gasteiger partial charge is 0.453 e. The SMILES string of the molecule is COC(=O)N1CC[C@H](NC(=O)c2c(C)[nH]c(C=C3C(=O)Nc4ccc(F)cc43)c2C)C1. The van der Waals surface area contributed by atoms with Gasteiger partial charge in [0, 0.05) is 41.8 Å². The van der Waals surface area contributed by atoms with E-state index in [4.69, 9.17) is 4.74 Å². The van der Waals surface area contributed by atoms with Gasteiger partial charge in [-0.05, 0) is 50.1 Å². The maximum atomic E-state index is 13.7. The van der Waals surface area contributed by atoms with Crippen molar-refractivity contribution < 1.29 is 23.5 Å². The summed E-state index contributed by atoms with van der Waals surface area (Å²) < 4.78 is 18.4. The molecule has 0 saturated carbocycles. The first kappa shape index (κ1) is 20.6. The molecule has 1 aromatic carbocycles. The van der Waals surface area contributed by atoms with E-state index < -0.39 is 11.9 Å². The van der Waals surface area contributed by atoms with Crippen LogP contribution in [0.3, 0.4) is 0 Å². The number of aromatic amines is 1. The molecule has 8 nitrogen and oxygen atoms in total. The Morgan fingerprint density at radius 1 is 1.32 bits per heavy atom. The Labute approximate surface area is 178 Å². The van der Waals surface area contributed by atoms with Gasteiger partial charge in [0.05, 0.1) is 18.2 Å². The van der Waals surface area contributed by atoms with Crippen molar-refractivity contribution in [1.29, 1.82) is 0 Å². The molecule has 3 heterocycles. The second-order valence-corrected chi connectivity index (χ2v) is 7.74. The number of likely N-dealkylation sites (tertiary alicyclic amines) is 1.